The Labute approximate surface area is 116 Å². The number of benzene rings is 1. The summed E-state index contributed by atoms with van der Waals surface area (Å²) in [6.45, 7) is 5.69. The number of rotatable bonds is 2. The molecule has 1 aromatic carbocycles. The van der Waals surface area contributed by atoms with Crippen molar-refractivity contribution in [2.45, 2.75) is 26.8 Å². The van der Waals surface area contributed by atoms with E-state index in [4.69, 9.17) is 14.6 Å². The van der Waals surface area contributed by atoms with Gasteiger partial charge in [0.05, 0.1) is 6.04 Å². The molecule has 0 aliphatic rings. The molecule has 20 heavy (non-hydrogen) atoms. The molecule has 2 aromatic heterocycles. The van der Waals surface area contributed by atoms with E-state index in [2.05, 4.69) is 0 Å². The summed E-state index contributed by atoms with van der Waals surface area (Å²) >= 11 is 0. The molecule has 0 amide bonds. The second-order valence-electron chi connectivity index (χ2n) is 5.08. The summed E-state index contributed by atoms with van der Waals surface area (Å²) in [5.74, 6) is 1.92. The first-order valence-corrected chi connectivity index (χ1v) is 6.48. The third kappa shape index (κ3) is 1.93. The Morgan fingerprint density at radius 3 is 2.50 bits per heavy atom. The van der Waals surface area contributed by atoms with Gasteiger partial charge < -0.3 is 14.6 Å². The number of hydrogen-bond acceptors (Lipinski definition) is 3. The van der Waals surface area contributed by atoms with Gasteiger partial charge in [-0.3, -0.25) is 0 Å². The average Bonchev–Trinajstić information content (AvgIpc) is 2.89. The Bertz CT molecular complexity index is 785. The van der Waals surface area contributed by atoms with Crippen LogP contribution in [0.25, 0.3) is 11.0 Å². The Morgan fingerprint density at radius 2 is 1.85 bits per heavy atom. The number of nitrogens with two attached hydrogens (primary N) is 1. The molecule has 1 unspecified atom stereocenters. The summed E-state index contributed by atoms with van der Waals surface area (Å²) in [4.78, 5) is 0. The molecule has 3 nitrogen and oxygen atoms in total. The van der Waals surface area contributed by atoms with E-state index in [0.717, 1.165) is 28.0 Å². The molecule has 0 aliphatic heterocycles. The second-order valence-corrected chi connectivity index (χ2v) is 5.08. The minimum atomic E-state index is -0.414. The van der Waals surface area contributed by atoms with Crippen LogP contribution in [-0.2, 0) is 0 Å². The first-order chi connectivity index (χ1) is 9.47. The van der Waals surface area contributed by atoms with Crippen LogP contribution in [0.5, 0.6) is 0 Å². The molecule has 3 aromatic rings. The van der Waals surface area contributed by atoms with Crippen molar-refractivity contribution in [3.05, 3.63) is 58.5 Å². The van der Waals surface area contributed by atoms with Crippen LogP contribution >= 0.6 is 0 Å². The maximum Gasteiger partial charge on any atom is 0.137 e. The number of aryl methyl sites for hydroxylation is 3. The van der Waals surface area contributed by atoms with Crippen LogP contribution in [0.3, 0.4) is 0 Å². The van der Waals surface area contributed by atoms with Crippen LogP contribution in [-0.4, -0.2) is 0 Å². The summed E-state index contributed by atoms with van der Waals surface area (Å²) in [5, 5.41) is 0.884. The monoisotopic (exact) mass is 273 g/mol. The highest BCUT2D eigenvalue weighted by Gasteiger charge is 2.22. The van der Waals surface area contributed by atoms with E-state index >= 15 is 0 Å². The fourth-order valence-electron chi connectivity index (χ4n) is 2.62. The molecule has 2 N–H and O–H groups in total. The van der Waals surface area contributed by atoms with Gasteiger partial charge in [0.1, 0.15) is 28.7 Å². The lowest BCUT2D eigenvalue weighted by Gasteiger charge is -2.08. The van der Waals surface area contributed by atoms with Crippen LogP contribution in [0.15, 0.2) is 33.1 Å². The van der Waals surface area contributed by atoms with E-state index in [0.29, 0.717) is 11.3 Å². The quantitative estimate of drug-likeness (QED) is 0.763. The zero-order valence-electron chi connectivity index (χ0n) is 11.7. The molecule has 0 aliphatic carbocycles. The summed E-state index contributed by atoms with van der Waals surface area (Å²) < 4.78 is 24.5. The molecule has 0 radical (unpaired) electrons. The van der Waals surface area contributed by atoms with Crippen molar-refractivity contribution in [1.29, 1.82) is 0 Å². The van der Waals surface area contributed by atoms with Crippen LogP contribution in [0.4, 0.5) is 4.39 Å². The van der Waals surface area contributed by atoms with Gasteiger partial charge >= 0.3 is 0 Å². The number of fused-ring (bicyclic) bond motifs is 1. The van der Waals surface area contributed by atoms with E-state index in [-0.39, 0.29) is 5.82 Å². The topological polar surface area (TPSA) is 52.3 Å². The third-order valence-electron chi connectivity index (χ3n) is 3.63. The van der Waals surface area contributed by atoms with E-state index in [9.17, 15) is 4.39 Å². The van der Waals surface area contributed by atoms with Gasteiger partial charge in [0.15, 0.2) is 0 Å². The lowest BCUT2D eigenvalue weighted by Crippen LogP contribution is -2.12. The fourth-order valence-corrected chi connectivity index (χ4v) is 2.62. The van der Waals surface area contributed by atoms with E-state index in [1.165, 1.54) is 12.1 Å². The standard InChI is InChI=1S/C16H16FNO2/c1-8-6-13(10(3)19-8)15(18)16-9(2)12-5-4-11(17)7-14(12)20-16/h4-7,15H,18H2,1-3H3. The average molecular weight is 273 g/mol. The van der Waals surface area contributed by atoms with Crippen molar-refractivity contribution in [3.8, 4) is 0 Å². The predicted octanol–water partition coefficient (Wildman–Crippen LogP) is 4.14. The van der Waals surface area contributed by atoms with Crippen molar-refractivity contribution in [3.63, 3.8) is 0 Å². The van der Waals surface area contributed by atoms with Gasteiger partial charge in [-0.1, -0.05) is 0 Å². The smallest absolute Gasteiger partial charge is 0.137 e. The first-order valence-electron chi connectivity index (χ1n) is 6.48. The maximum atomic E-state index is 13.3. The Morgan fingerprint density at radius 1 is 1.10 bits per heavy atom. The van der Waals surface area contributed by atoms with Crippen LogP contribution in [0, 0.1) is 26.6 Å². The number of halogens is 1. The Balaban J connectivity index is 2.14. The molecule has 3 rings (SSSR count). The zero-order valence-corrected chi connectivity index (χ0v) is 11.7. The Hall–Kier alpha value is -2.07. The molecule has 104 valence electrons. The van der Waals surface area contributed by atoms with Gasteiger partial charge in [-0.2, -0.15) is 0 Å². The molecule has 2 heterocycles. The van der Waals surface area contributed by atoms with Crippen molar-refractivity contribution < 1.29 is 13.2 Å². The molecule has 0 saturated carbocycles. The molecule has 1 atom stereocenters. The minimum absolute atomic E-state index is 0.318. The molecule has 4 heteroatoms. The summed E-state index contributed by atoms with van der Waals surface area (Å²) in [6, 6.07) is 6.02. The van der Waals surface area contributed by atoms with Crippen molar-refractivity contribution in [1.82, 2.24) is 0 Å². The lowest BCUT2D eigenvalue weighted by molar-refractivity contribution is 0.487. The Kier molecular flexibility index (Phi) is 2.91. The largest absolute Gasteiger partial charge is 0.466 e. The minimum Gasteiger partial charge on any atom is -0.466 e. The fraction of sp³-hybridized carbons (Fsp3) is 0.250. The van der Waals surface area contributed by atoms with Crippen LogP contribution in [0.1, 0.15) is 34.4 Å². The molecule has 0 saturated heterocycles. The highest BCUT2D eigenvalue weighted by Crippen LogP contribution is 2.33. The van der Waals surface area contributed by atoms with Crippen LogP contribution in [0.2, 0.25) is 0 Å². The van der Waals surface area contributed by atoms with Gasteiger partial charge in [0.25, 0.3) is 0 Å². The molecular formula is C16H16FNO2. The van der Waals surface area contributed by atoms with E-state index < -0.39 is 6.04 Å². The third-order valence-corrected chi connectivity index (χ3v) is 3.63. The zero-order chi connectivity index (χ0) is 14.4. The molecular weight excluding hydrogens is 257 g/mol. The number of furan rings is 2. The van der Waals surface area contributed by atoms with Crippen LogP contribution < -0.4 is 5.73 Å². The molecule has 0 fully saturated rings. The molecule has 0 spiro atoms. The van der Waals surface area contributed by atoms with Gasteiger partial charge in [0, 0.05) is 22.6 Å². The van der Waals surface area contributed by atoms with Gasteiger partial charge in [-0.05, 0) is 39.0 Å². The van der Waals surface area contributed by atoms with Crippen molar-refractivity contribution in [2.24, 2.45) is 5.73 Å². The van der Waals surface area contributed by atoms with Crippen molar-refractivity contribution in [2.75, 3.05) is 0 Å². The second kappa shape index (κ2) is 4.49. The van der Waals surface area contributed by atoms with Gasteiger partial charge in [0.2, 0.25) is 0 Å². The lowest BCUT2D eigenvalue weighted by atomic mass is 10.0. The summed E-state index contributed by atoms with van der Waals surface area (Å²) in [5.41, 5.74) is 8.63. The highest BCUT2D eigenvalue weighted by molar-refractivity contribution is 5.82. The molecule has 0 bridgehead atoms. The normalized spacial score (nSPS) is 13.1. The maximum absolute atomic E-state index is 13.3. The highest BCUT2D eigenvalue weighted by atomic mass is 19.1. The first kappa shape index (κ1) is 12.9. The predicted molar refractivity (Wildman–Crippen MR) is 75.1 cm³/mol. The van der Waals surface area contributed by atoms with Crippen molar-refractivity contribution >= 4 is 11.0 Å². The summed E-state index contributed by atoms with van der Waals surface area (Å²) in [6.07, 6.45) is 0. The van der Waals surface area contributed by atoms with E-state index in [1.54, 1.807) is 6.07 Å². The van der Waals surface area contributed by atoms with Gasteiger partial charge in [-0.25, -0.2) is 4.39 Å². The summed E-state index contributed by atoms with van der Waals surface area (Å²) in [7, 11) is 0. The van der Waals surface area contributed by atoms with Gasteiger partial charge in [-0.15, -0.1) is 0 Å². The van der Waals surface area contributed by atoms with E-state index in [1.807, 2.05) is 26.8 Å². The number of hydrogen-bond donors (Lipinski definition) is 1. The SMILES string of the molecule is Cc1cc(C(N)c2oc3cc(F)ccc3c2C)c(C)o1.